The molecule has 0 radical (unpaired) electrons. The first-order chi connectivity index (χ1) is 23.8. The molecule has 0 aromatic heterocycles. The van der Waals surface area contributed by atoms with Crippen LogP contribution in [0.25, 0.3) is 0 Å². The molecule has 2 fully saturated rings. The Hall–Kier alpha value is -4.60. The molecule has 0 spiro atoms. The second-order valence-electron chi connectivity index (χ2n) is 12.9. The molecule has 3 aromatic carbocycles. The van der Waals surface area contributed by atoms with Crippen LogP contribution in [0.15, 0.2) is 66.7 Å². The lowest BCUT2D eigenvalue weighted by Crippen LogP contribution is -2.51. The van der Waals surface area contributed by atoms with E-state index in [1.807, 2.05) is 30.3 Å². The number of carboxylic acid groups (broad SMARTS) is 1. The number of ether oxygens (including phenoxy) is 4. The van der Waals surface area contributed by atoms with Crippen LogP contribution >= 0.6 is 0 Å². The number of piperidine rings is 1. The van der Waals surface area contributed by atoms with Gasteiger partial charge in [-0.25, -0.2) is 14.0 Å². The number of likely N-dealkylation sites (tertiary alicyclic amines) is 1. The molecule has 262 valence electrons. The Balaban J connectivity index is 1.40. The second-order valence-corrected chi connectivity index (χ2v) is 12.9. The molecule has 1 amide bonds. The maximum atomic E-state index is 14.5. The number of carbonyl (C=O) groups is 3. The molecule has 1 aliphatic heterocycles. The monoisotopic (exact) mass is 675 g/mol. The van der Waals surface area contributed by atoms with Gasteiger partial charge in [-0.2, -0.15) is 0 Å². The van der Waals surface area contributed by atoms with E-state index in [0.29, 0.717) is 54.2 Å². The molecule has 3 atom stereocenters. The van der Waals surface area contributed by atoms with Crippen molar-refractivity contribution in [1.82, 2.24) is 4.90 Å². The van der Waals surface area contributed by atoms with Crippen LogP contribution in [-0.2, 0) is 25.5 Å². The van der Waals surface area contributed by atoms with Gasteiger partial charge in [0.2, 0.25) is 5.91 Å². The van der Waals surface area contributed by atoms with Gasteiger partial charge < -0.3 is 29.0 Å². The summed E-state index contributed by atoms with van der Waals surface area (Å²) in [4.78, 5) is 41.5. The predicted octanol–water partition coefficient (Wildman–Crippen LogP) is 7.27. The zero-order chi connectivity index (χ0) is 34.8. The molecule has 1 N–H and O–H groups in total. The average molecular weight is 676 g/mol. The van der Waals surface area contributed by atoms with E-state index >= 15 is 0 Å². The minimum Gasteiger partial charge on any atom is -0.493 e. The number of aryl methyl sites for hydroxylation is 1. The van der Waals surface area contributed by atoms with E-state index < -0.39 is 36.6 Å². The minimum absolute atomic E-state index is 0.0735. The van der Waals surface area contributed by atoms with Crippen molar-refractivity contribution < 1.29 is 42.8 Å². The molecule has 0 bridgehead atoms. The summed E-state index contributed by atoms with van der Waals surface area (Å²) in [5.41, 5.74) is 2.24. The largest absolute Gasteiger partial charge is 0.493 e. The van der Waals surface area contributed by atoms with E-state index in [-0.39, 0.29) is 17.6 Å². The maximum absolute atomic E-state index is 14.5. The van der Waals surface area contributed by atoms with Crippen molar-refractivity contribution in [3.63, 3.8) is 0 Å². The van der Waals surface area contributed by atoms with Gasteiger partial charge in [-0.3, -0.25) is 4.79 Å². The van der Waals surface area contributed by atoms with E-state index in [1.54, 1.807) is 43.4 Å². The van der Waals surface area contributed by atoms with Gasteiger partial charge in [0.05, 0.1) is 20.1 Å². The van der Waals surface area contributed by atoms with Gasteiger partial charge >= 0.3 is 11.9 Å². The lowest BCUT2D eigenvalue weighted by molar-refractivity contribution is -0.163. The maximum Gasteiger partial charge on any atom is 0.341 e. The first-order valence-corrected chi connectivity index (χ1v) is 17.2. The zero-order valence-corrected chi connectivity index (χ0v) is 28.3. The summed E-state index contributed by atoms with van der Waals surface area (Å²) in [6.07, 6.45) is 7.13. The van der Waals surface area contributed by atoms with Crippen molar-refractivity contribution in [2.24, 2.45) is 5.92 Å². The van der Waals surface area contributed by atoms with Gasteiger partial charge in [0.15, 0.2) is 18.1 Å². The highest BCUT2D eigenvalue weighted by Crippen LogP contribution is 2.39. The number of methoxy groups -OCH3 is 2. The Morgan fingerprint density at radius 1 is 0.857 bits per heavy atom. The Bertz CT molecular complexity index is 1590. The van der Waals surface area contributed by atoms with Crippen LogP contribution in [0.2, 0.25) is 0 Å². The fourth-order valence-corrected chi connectivity index (χ4v) is 7.20. The number of carbonyl (C=O) groups excluding carboxylic acids is 2. The van der Waals surface area contributed by atoms with Crippen LogP contribution in [-0.4, -0.2) is 61.3 Å². The number of rotatable bonds is 14. The summed E-state index contributed by atoms with van der Waals surface area (Å²) in [6.45, 7) is -0.0852. The molecule has 3 aromatic rings. The molecule has 1 saturated heterocycles. The number of esters is 1. The van der Waals surface area contributed by atoms with E-state index in [0.717, 1.165) is 50.5 Å². The number of benzene rings is 3. The first kappa shape index (κ1) is 35.7. The summed E-state index contributed by atoms with van der Waals surface area (Å²) in [5.74, 6) is -1.07. The fourth-order valence-electron chi connectivity index (χ4n) is 7.20. The molecule has 2 unspecified atom stereocenters. The molecule has 10 heteroatoms. The van der Waals surface area contributed by atoms with E-state index in [1.165, 1.54) is 12.1 Å². The van der Waals surface area contributed by atoms with Crippen LogP contribution in [0.1, 0.15) is 86.5 Å². The standard InChI is InChI=1S/C39H46FNO8/c1-46-34-20-18-26(22-35(34)47-2)17-19-33(28-12-9-15-31(24-28)48-25-36(42)43)49-39(45)32-16-6-7-21-41(32)38(44)37(27-10-4-3-5-11-27)29-13-8-14-30(40)23-29/h8-9,12-15,18,20,22-24,27,32-33,37H,3-7,10-11,16-17,19,21,25H2,1-2H3,(H,42,43)/t32?,33-,37?/m1/s1. The van der Waals surface area contributed by atoms with Crippen molar-refractivity contribution >= 4 is 17.8 Å². The number of halogens is 1. The van der Waals surface area contributed by atoms with Crippen molar-refractivity contribution in [3.8, 4) is 17.2 Å². The summed E-state index contributed by atoms with van der Waals surface area (Å²) in [7, 11) is 3.14. The van der Waals surface area contributed by atoms with Gasteiger partial charge in [-0.15, -0.1) is 0 Å². The van der Waals surface area contributed by atoms with Crippen LogP contribution in [0.4, 0.5) is 4.39 Å². The quantitative estimate of drug-likeness (QED) is 0.178. The topological polar surface area (TPSA) is 112 Å². The fraction of sp³-hybridized carbons (Fsp3) is 0.462. The SMILES string of the molecule is COc1ccc(CC[C@@H](OC(=O)C2CCCCN2C(=O)C(c2cccc(F)c2)C2CCCCC2)c2cccc(OCC(=O)O)c2)cc1OC. The molecule has 49 heavy (non-hydrogen) atoms. The van der Waals surface area contributed by atoms with Gasteiger partial charge in [0, 0.05) is 6.54 Å². The molecule has 1 saturated carbocycles. The van der Waals surface area contributed by atoms with Crippen molar-refractivity contribution in [2.45, 2.75) is 82.3 Å². The Morgan fingerprint density at radius 2 is 1.59 bits per heavy atom. The number of carboxylic acids is 1. The lowest BCUT2D eigenvalue weighted by atomic mass is 9.75. The summed E-state index contributed by atoms with van der Waals surface area (Å²) in [5, 5.41) is 9.12. The number of hydrogen-bond acceptors (Lipinski definition) is 7. The van der Waals surface area contributed by atoms with Crippen LogP contribution in [0.5, 0.6) is 17.2 Å². The third kappa shape index (κ3) is 9.31. The highest BCUT2D eigenvalue weighted by Gasteiger charge is 2.41. The highest BCUT2D eigenvalue weighted by atomic mass is 19.1. The first-order valence-electron chi connectivity index (χ1n) is 17.2. The van der Waals surface area contributed by atoms with Crippen molar-refractivity contribution in [1.29, 1.82) is 0 Å². The Morgan fingerprint density at radius 3 is 2.33 bits per heavy atom. The van der Waals surface area contributed by atoms with Crippen LogP contribution in [0.3, 0.4) is 0 Å². The van der Waals surface area contributed by atoms with E-state index in [9.17, 15) is 18.8 Å². The predicted molar refractivity (Wildman–Crippen MR) is 181 cm³/mol. The molecule has 1 heterocycles. The normalized spacial score (nSPS) is 17.9. The van der Waals surface area contributed by atoms with E-state index in [2.05, 4.69) is 0 Å². The smallest absolute Gasteiger partial charge is 0.341 e. The third-order valence-corrected chi connectivity index (χ3v) is 9.65. The molecular weight excluding hydrogens is 629 g/mol. The molecule has 2 aliphatic rings. The van der Waals surface area contributed by atoms with Crippen LogP contribution in [0, 0.1) is 11.7 Å². The number of nitrogens with zero attached hydrogens (tertiary/aromatic N) is 1. The second kappa shape index (κ2) is 17.2. The van der Waals surface area contributed by atoms with Gasteiger partial charge in [-0.1, -0.05) is 49.6 Å². The number of amides is 1. The number of hydrogen-bond donors (Lipinski definition) is 1. The molecule has 9 nitrogen and oxygen atoms in total. The minimum atomic E-state index is -1.10. The Kier molecular flexibility index (Phi) is 12.5. The van der Waals surface area contributed by atoms with E-state index in [4.69, 9.17) is 24.1 Å². The molecule has 1 aliphatic carbocycles. The van der Waals surface area contributed by atoms with Crippen LogP contribution < -0.4 is 14.2 Å². The summed E-state index contributed by atoms with van der Waals surface area (Å²) in [6, 6.07) is 18.0. The zero-order valence-electron chi connectivity index (χ0n) is 28.3. The number of aliphatic carboxylic acids is 1. The molecular formula is C39H46FNO8. The third-order valence-electron chi connectivity index (χ3n) is 9.65. The van der Waals surface area contributed by atoms with Gasteiger partial charge in [0.25, 0.3) is 0 Å². The summed E-state index contributed by atoms with van der Waals surface area (Å²) >= 11 is 0. The summed E-state index contributed by atoms with van der Waals surface area (Å²) < 4.78 is 37.0. The average Bonchev–Trinajstić information content (AvgIpc) is 3.13. The Labute approximate surface area is 287 Å². The lowest BCUT2D eigenvalue weighted by Gasteiger charge is -2.39. The van der Waals surface area contributed by atoms with Crippen molar-refractivity contribution in [3.05, 3.63) is 89.2 Å². The van der Waals surface area contributed by atoms with Gasteiger partial charge in [-0.05, 0) is 104 Å². The molecule has 5 rings (SSSR count). The van der Waals surface area contributed by atoms with Crippen molar-refractivity contribution in [2.75, 3.05) is 27.4 Å². The highest BCUT2D eigenvalue weighted by molar-refractivity contribution is 5.89. The van der Waals surface area contributed by atoms with Gasteiger partial charge in [0.1, 0.15) is 23.7 Å².